The summed E-state index contributed by atoms with van der Waals surface area (Å²) in [6.45, 7) is 2.10. The van der Waals surface area contributed by atoms with Crippen LogP contribution in [0.5, 0.6) is 0 Å². The van der Waals surface area contributed by atoms with E-state index >= 15 is 0 Å². The Morgan fingerprint density at radius 2 is 1.68 bits per heavy atom. The highest BCUT2D eigenvalue weighted by Gasteiger charge is 2.12. The van der Waals surface area contributed by atoms with Gasteiger partial charge in [-0.2, -0.15) is 0 Å². The maximum Gasteiger partial charge on any atom is 0.340 e. The van der Waals surface area contributed by atoms with Crippen LogP contribution in [-0.4, -0.2) is 36.6 Å². The first kappa shape index (κ1) is 19.2. The van der Waals surface area contributed by atoms with Crippen molar-refractivity contribution in [2.45, 2.75) is 6.92 Å². The molecule has 3 rings (SSSR count). The maximum absolute atomic E-state index is 12.1. The lowest BCUT2D eigenvalue weighted by Gasteiger charge is -2.14. The van der Waals surface area contributed by atoms with E-state index in [-0.39, 0.29) is 5.97 Å². The molecule has 0 amide bonds. The van der Waals surface area contributed by atoms with Crippen LogP contribution in [0.4, 0.5) is 28.7 Å². The fourth-order valence-electron chi connectivity index (χ4n) is 2.60. The molecule has 144 valence electrons. The van der Waals surface area contributed by atoms with Crippen LogP contribution >= 0.6 is 0 Å². The molecule has 0 saturated heterocycles. The maximum atomic E-state index is 12.1. The molecule has 0 aliphatic rings. The number of carbonyl (C=O) groups is 1. The zero-order valence-corrected chi connectivity index (χ0v) is 16.1. The summed E-state index contributed by atoms with van der Waals surface area (Å²) in [7, 11) is 4.00. The normalized spacial score (nSPS) is 10.2. The number of aromatic nitrogens is 2. The first-order valence-electron chi connectivity index (χ1n) is 8.96. The van der Waals surface area contributed by atoms with Crippen LogP contribution in [0.2, 0.25) is 0 Å². The quantitative estimate of drug-likeness (QED) is 0.597. The van der Waals surface area contributed by atoms with Gasteiger partial charge >= 0.3 is 5.97 Å². The van der Waals surface area contributed by atoms with Crippen molar-refractivity contribution in [3.63, 3.8) is 0 Å². The van der Waals surface area contributed by atoms with Gasteiger partial charge in [-0.05, 0) is 43.3 Å². The molecule has 2 N–H and O–H groups in total. The van der Waals surface area contributed by atoms with Crippen LogP contribution in [0.3, 0.4) is 0 Å². The second-order valence-electron chi connectivity index (χ2n) is 6.25. The van der Waals surface area contributed by atoms with E-state index < -0.39 is 0 Å². The SMILES string of the molecule is CCOC(=O)c1ccccc1Nc1cc(Nc2ccc(N(C)C)cc2)ncn1. The molecule has 0 fully saturated rings. The number of nitrogens with one attached hydrogen (secondary N) is 2. The Labute approximate surface area is 164 Å². The highest BCUT2D eigenvalue weighted by molar-refractivity contribution is 5.96. The van der Waals surface area contributed by atoms with E-state index in [9.17, 15) is 4.79 Å². The van der Waals surface area contributed by atoms with E-state index in [1.165, 1.54) is 6.33 Å². The number of hydrogen-bond acceptors (Lipinski definition) is 7. The number of rotatable bonds is 7. The minimum Gasteiger partial charge on any atom is -0.462 e. The van der Waals surface area contributed by atoms with Gasteiger partial charge in [-0.25, -0.2) is 14.8 Å². The second kappa shape index (κ2) is 8.85. The van der Waals surface area contributed by atoms with Crippen molar-refractivity contribution in [3.8, 4) is 0 Å². The highest BCUT2D eigenvalue weighted by Crippen LogP contribution is 2.23. The lowest BCUT2D eigenvalue weighted by atomic mass is 10.2. The summed E-state index contributed by atoms with van der Waals surface area (Å²) in [5.74, 6) is 0.835. The molecule has 0 atom stereocenters. The summed E-state index contributed by atoms with van der Waals surface area (Å²) in [6.07, 6.45) is 1.46. The Morgan fingerprint density at radius 3 is 2.36 bits per heavy atom. The predicted octanol–water partition coefficient (Wildman–Crippen LogP) is 4.21. The van der Waals surface area contributed by atoms with Crippen LogP contribution in [-0.2, 0) is 4.74 Å². The Morgan fingerprint density at radius 1 is 1.00 bits per heavy atom. The number of carbonyl (C=O) groups excluding carboxylic acids is 1. The Hall–Kier alpha value is -3.61. The van der Waals surface area contributed by atoms with Gasteiger partial charge in [0.05, 0.1) is 17.9 Å². The van der Waals surface area contributed by atoms with E-state index in [4.69, 9.17) is 4.74 Å². The van der Waals surface area contributed by atoms with Gasteiger partial charge in [-0.1, -0.05) is 12.1 Å². The predicted molar refractivity (Wildman–Crippen MR) is 112 cm³/mol. The molecule has 0 unspecified atom stereocenters. The first-order valence-corrected chi connectivity index (χ1v) is 8.96. The van der Waals surface area contributed by atoms with Gasteiger partial charge in [0.25, 0.3) is 0 Å². The first-order chi connectivity index (χ1) is 13.6. The van der Waals surface area contributed by atoms with Crippen LogP contribution in [0.1, 0.15) is 17.3 Å². The van der Waals surface area contributed by atoms with Crippen LogP contribution in [0.15, 0.2) is 60.9 Å². The summed E-state index contributed by atoms with van der Waals surface area (Å²) in [5.41, 5.74) is 3.12. The number of anilines is 5. The molecular formula is C21H23N5O2. The van der Waals surface area contributed by atoms with E-state index in [1.54, 1.807) is 31.2 Å². The van der Waals surface area contributed by atoms with Gasteiger partial charge in [0.1, 0.15) is 18.0 Å². The molecule has 1 heterocycles. The number of nitrogens with zero attached hydrogens (tertiary/aromatic N) is 3. The van der Waals surface area contributed by atoms with E-state index in [0.29, 0.717) is 29.5 Å². The summed E-state index contributed by atoms with van der Waals surface area (Å²) >= 11 is 0. The summed E-state index contributed by atoms with van der Waals surface area (Å²) in [6, 6.07) is 17.0. The van der Waals surface area contributed by atoms with Crippen molar-refractivity contribution in [2.75, 3.05) is 36.2 Å². The van der Waals surface area contributed by atoms with Gasteiger partial charge in [0.2, 0.25) is 0 Å². The number of benzene rings is 2. The average Bonchev–Trinajstić information content (AvgIpc) is 2.69. The second-order valence-corrected chi connectivity index (χ2v) is 6.25. The minimum atomic E-state index is -0.376. The third-order valence-electron chi connectivity index (χ3n) is 4.01. The highest BCUT2D eigenvalue weighted by atomic mass is 16.5. The zero-order valence-electron chi connectivity index (χ0n) is 16.1. The molecule has 28 heavy (non-hydrogen) atoms. The standard InChI is InChI=1S/C21H23N5O2/c1-4-28-21(27)17-7-5-6-8-18(17)25-20-13-19(22-14-23-20)24-15-9-11-16(12-10-15)26(2)3/h5-14H,4H2,1-3H3,(H2,22,23,24,25). The van der Waals surface area contributed by atoms with Crippen LogP contribution in [0, 0.1) is 0 Å². The number of para-hydroxylation sites is 1. The Balaban J connectivity index is 1.76. The van der Waals surface area contributed by atoms with Crippen molar-refractivity contribution < 1.29 is 9.53 Å². The molecule has 7 heteroatoms. The zero-order chi connectivity index (χ0) is 19.9. The topological polar surface area (TPSA) is 79.4 Å². The van der Waals surface area contributed by atoms with Gasteiger partial charge < -0.3 is 20.3 Å². The molecule has 7 nitrogen and oxygen atoms in total. The molecule has 3 aromatic rings. The molecule has 0 aliphatic heterocycles. The fourth-order valence-corrected chi connectivity index (χ4v) is 2.60. The van der Waals surface area contributed by atoms with Gasteiger partial charge in [0.15, 0.2) is 0 Å². The third-order valence-corrected chi connectivity index (χ3v) is 4.01. The number of esters is 1. The monoisotopic (exact) mass is 377 g/mol. The van der Waals surface area contributed by atoms with E-state index in [0.717, 1.165) is 11.4 Å². The lowest BCUT2D eigenvalue weighted by Crippen LogP contribution is -2.08. The van der Waals surface area contributed by atoms with Crippen LogP contribution < -0.4 is 15.5 Å². The lowest BCUT2D eigenvalue weighted by molar-refractivity contribution is 0.0527. The molecule has 0 aliphatic carbocycles. The third kappa shape index (κ3) is 4.76. The molecule has 0 radical (unpaired) electrons. The largest absolute Gasteiger partial charge is 0.462 e. The van der Waals surface area contributed by atoms with Crippen molar-refractivity contribution in [1.29, 1.82) is 0 Å². The van der Waals surface area contributed by atoms with Crippen molar-refractivity contribution in [1.82, 2.24) is 9.97 Å². The van der Waals surface area contributed by atoms with Crippen molar-refractivity contribution in [2.24, 2.45) is 0 Å². The van der Waals surface area contributed by atoms with Gasteiger partial charge in [0, 0.05) is 31.5 Å². The van der Waals surface area contributed by atoms with Gasteiger partial charge in [-0.15, -0.1) is 0 Å². The van der Waals surface area contributed by atoms with Gasteiger partial charge in [-0.3, -0.25) is 0 Å². The number of hydrogen-bond donors (Lipinski definition) is 2. The van der Waals surface area contributed by atoms with Crippen molar-refractivity contribution in [3.05, 3.63) is 66.5 Å². The number of ether oxygens (including phenoxy) is 1. The smallest absolute Gasteiger partial charge is 0.340 e. The van der Waals surface area contributed by atoms with Crippen LogP contribution in [0.25, 0.3) is 0 Å². The molecule has 0 spiro atoms. The molecule has 0 saturated carbocycles. The minimum absolute atomic E-state index is 0.321. The fraction of sp³-hybridized carbons (Fsp3) is 0.190. The summed E-state index contributed by atoms with van der Waals surface area (Å²) in [4.78, 5) is 22.7. The Kier molecular flexibility index (Phi) is 6.06. The average molecular weight is 377 g/mol. The molecule has 1 aromatic heterocycles. The molecule has 2 aromatic carbocycles. The Bertz CT molecular complexity index is 942. The van der Waals surface area contributed by atoms with E-state index in [1.807, 2.05) is 49.3 Å². The molecular weight excluding hydrogens is 354 g/mol. The molecule has 0 bridgehead atoms. The van der Waals surface area contributed by atoms with E-state index in [2.05, 4.69) is 20.6 Å². The van der Waals surface area contributed by atoms with Crippen molar-refractivity contribution >= 4 is 34.7 Å². The summed E-state index contributed by atoms with van der Waals surface area (Å²) in [5, 5.41) is 6.42. The summed E-state index contributed by atoms with van der Waals surface area (Å²) < 4.78 is 5.11.